The predicted octanol–water partition coefficient (Wildman–Crippen LogP) is 7.08. The van der Waals surface area contributed by atoms with E-state index in [0.29, 0.717) is 195 Å². The van der Waals surface area contributed by atoms with Crippen LogP contribution in [0.1, 0.15) is 44.5 Å². The van der Waals surface area contributed by atoms with Gasteiger partial charge < -0.3 is 56.8 Å². The summed E-state index contributed by atoms with van der Waals surface area (Å²) in [7, 11) is 0. The van der Waals surface area contributed by atoms with E-state index in [-0.39, 0.29) is 0 Å². The maximum absolute atomic E-state index is 6.86. The number of benzene rings is 5. The van der Waals surface area contributed by atoms with Gasteiger partial charge in [-0.25, -0.2) is 0 Å². The number of hydrogen-bond donors (Lipinski definition) is 0. The van der Waals surface area contributed by atoms with Crippen LogP contribution in [0, 0.1) is 0 Å². The molecule has 0 aromatic heterocycles. The lowest BCUT2D eigenvalue weighted by Gasteiger charge is -2.24. The minimum absolute atomic E-state index is 0.383. The third-order valence-corrected chi connectivity index (χ3v) is 13.3. The van der Waals surface area contributed by atoms with Crippen molar-refractivity contribution >= 4 is 0 Å². The maximum Gasteiger partial charge on any atom is 0.161 e. The molecular formula is C58H72N2O12. The Morgan fingerprint density at radius 3 is 0.681 bits per heavy atom. The SMILES string of the molecule is c1cc2c3c(c1)Cc1cccc4c1OCCOCCN1CCOCCOc5ccccc5OCCOCCN(CCOCCO3)CCOCCOc3c(cccc3C4)Cc3cccc(c3OCCOCC1)C2. The van der Waals surface area contributed by atoms with E-state index in [1.165, 1.54) is 0 Å². The van der Waals surface area contributed by atoms with E-state index in [9.17, 15) is 0 Å². The Morgan fingerprint density at radius 2 is 0.444 bits per heavy atom. The minimum atomic E-state index is 0.383. The molecular weight excluding hydrogens is 917 g/mol. The van der Waals surface area contributed by atoms with E-state index in [2.05, 4.69) is 82.6 Å². The highest BCUT2D eigenvalue weighted by Crippen LogP contribution is 2.39. The highest BCUT2D eigenvalue weighted by molar-refractivity contribution is 5.56. The van der Waals surface area contributed by atoms with E-state index in [4.69, 9.17) is 56.8 Å². The summed E-state index contributed by atoms with van der Waals surface area (Å²) in [6.45, 7) is 12.3. The van der Waals surface area contributed by atoms with Crippen LogP contribution in [0.2, 0.25) is 0 Å². The molecule has 14 heteroatoms. The summed E-state index contributed by atoms with van der Waals surface area (Å²) in [5, 5.41) is 0. The highest BCUT2D eigenvalue weighted by atomic mass is 16.6. The van der Waals surface area contributed by atoms with Crippen LogP contribution in [0.5, 0.6) is 34.5 Å². The van der Waals surface area contributed by atoms with Gasteiger partial charge in [0.1, 0.15) is 62.6 Å². The molecule has 14 nitrogen and oxygen atoms in total. The lowest BCUT2D eigenvalue weighted by molar-refractivity contribution is 0.0353. The summed E-state index contributed by atoms with van der Waals surface area (Å²) in [5.74, 6) is 4.75. The molecule has 8 aliphatic heterocycles. The second-order valence-corrected chi connectivity index (χ2v) is 18.2. The zero-order chi connectivity index (χ0) is 48.8. The molecule has 0 unspecified atom stereocenters. The largest absolute Gasteiger partial charge is 0.491 e. The first-order chi connectivity index (χ1) is 35.7. The average Bonchev–Trinajstić information content (AvgIpc) is 3.38. The van der Waals surface area contributed by atoms with Gasteiger partial charge in [0.2, 0.25) is 0 Å². The van der Waals surface area contributed by atoms with Crippen molar-refractivity contribution in [3.05, 3.63) is 142 Å². The van der Waals surface area contributed by atoms with Gasteiger partial charge in [0, 0.05) is 65.0 Å². The molecule has 14 rings (SSSR count). The van der Waals surface area contributed by atoms with Crippen LogP contribution in [0.3, 0.4) is 0 Å². The topological polar surface area (TPSA) is 117 Å². The van der Waals surface area contributed by atoms with E-state index >= 15 is 0 Å². The molecule has 72 heavy (non-hydrogen) atoms. The number of hydrogen-bond acceptors (Lipinski definition) is 14. The molecule has 1 aliphatic carbocycles. The van der Waals surface area contributed by atoms with Crippen molar-refractivity contribution in [3.63, 3.8) is 0 Å². The Kier molecular flexibility index (Phi) is 20.1. The van der Waals surface area contributed by atoms with Crippen LogP contribution in [0.15, 0.2) is 97.1 Å². The standard InChI is InChI=1S/C58H72N2O12/c1-2-16-54-53(15-1)67-35-29-61-23-17-59-19-25-63-31-37-69-55-45-7-3-8-46(55)42-50-12-6-14-52-44-48-10-4-9-47(56(48)70-38-32-64-26-20-59)43-51-13-5-11-49(41-45)57(51)71-39-33-65-27-21-60(18-24-62-30-36-68-54)22-28-66-34-40-72-58(50)52/h1-16H,17-44H2. The number of rotatable bonds is 0. The van der Waals surface area contributed by atoms with E-state index < -0.39 is 0 Å². The Labute approximate surface area is 425 Å². The predicted molar refractivity (Wildman–Crippen MR) is 274 cm³/mol. The summed E-state index contributed by atoms with van der Waals surface area (Å²) >= 11 is 0. The molecule has 5 aromatic carbocycles. The Balaban J connectivity index is 1.09. The molecule has 14 bridgehead atoms. The lowest BCUT2D eigenvalue weighted by atomic mass is 9.91. The molecule has 0 saturated carbocycles. The van der Waals surface area contributed by atoms with Crippen LogP contribution in [-0.2, 0) is 54.1 Å². The van der Waals surface area contributed by atoms with Crippen molar-refractivity contribution in [2.75, 3.05) is 158 Å². The van der Waals surface area contributed by atoms with E-state index in [0.717, 1.165) is 67.5 Å². The fourth-order valence-corrected chi connectivity index (χ4v) is 9.59. The molecule has 5 aromatic rings. The molecule has 0 amide bonds. The first-order valence-electron chi connectivity index (χ1n) is 26.0. The minimum Gasteiger partial charge on any atom is -0.491 e. The summed E-state index contributed by atoms with van der Waals surface area (Å²) in [4.78, 5) is 4.64. The second kappa shape index (κ2) is 28.1. The van der Waals surface area contributed by atoms with Crippen molar-refractivity contribution in [2.24, 2.45) is 0 Å². The van der Waals surface area contributed by atoms with Crippen molar-refractivity contribution in [2.45, 2.75) is 25.7 Å². The fourth-order valence-electron chi connectivity index (χ4n) is 9.59. The number of ether oxygens (including phenoxy) is 12. The molecule has 9 aliphatic rings. The van der Waals surface area contributed by atoms with Gasteiger partial charge >= 0.3 is 0 Å². The van der Waals surface area contributed by atoms with Crippen LogP contribution >= 0.6 is 0 Å². The molecule has 0 fully saturated rings. The van der Waals surface area contributed by atoms with Crippen LogP contribution < -0.4 is 28.4 Å². The van der Waals surface area contributed by atoms with Gasteiger partial charge in [0.15, 0.2) is 11.5 Å². The van der Waals surface area contributed by atoms with Crippen LogP contribution in [0.4, 0.5) is 0 Å². The smallest absolute Gasteiger partial charge is 0.161 e. The zero-order valence-electron chi connectivity index (χ0n) is 41.8. The first kappa shape index (κ1) is 51.5. The second-order valence-electron chi connectivity index (χ2n) is 18.2. The number of nitrogens with zero attached hydrogens (tertiary/aromatic N) is 2. The average molecular weight is 989 g/mol. The zero-order valence-corrected chi connectivity index (χ0v) is 41.8. The fraction of sp³-hybridized carbons (Fsp3) is 0.483. The Bertz CT molecular complexity index is 2060. The molecule has 0 radical (unpaired) electrons. The molecule has 0 spiro atoms. The summed E-state index contributed by atoms with van der Waals surface area (Å²) in [6, 6.07) is 33.6. The third kappa shape index (κ3) is 15.1. The highest BCUT2D eigenvalue weighted by Gasteiger charge is 2.23. The van der Waals surface area contributed by atoms with Crippen molar-refractivity contribution in [1.29, 1.82) is 0 Å². The molecule has 0 N–H and O–H groups in total. The molecule has 0 atom stereocenters. The maximum atomic E-state index is 6.86. The molecule has 8 heterocycles. The summed E-state index contributed by atoms with van der Waals surface area (Å²) in [5.41, 5.74) is 8.55. The lowest BCUT2D eigenvalue weighted by Crippen LogP contribution is -2.34. The van der Waals surface area contributed by atoms with E-state index in [1.807, 2.05) is 24.3 Å². The first-order valence-corrected chi connectivity index (χ1v) is 26.0. The van der Waals surface area contributed by atoms with Gasteiger partial charge in [-0.2, -0.15) is 0 Å². The van der Waals surface area contributed by atoms with Gasteiger partial charge in [-0.05, 0) is 56.6 Å². The summed E-state index contributed by atoms with van der Waals surface area (Å²) < 4.78 is 77.1. The van der Waals surface area contributed by atoms with Crippen molar-refractivity contribution < 1.29 is 56.8 Å². The third-order valence-electron chi connectivity index (χ3n) is 13.3. The van der Waals surface area contributed by atoms with Crippen molar-refractivity contribution in [1.82, 2.24) is 9.80 Å². The van der Waals surface area contributed by atoms with Gasteiger partial charge in [-0.1, -0.05) is 84.9 Å². The van der Waals surface area contributed by atoms with Gasteiger partial charge in [-0.15, -0.1) is 0 Å². The summed E-state index contributed by atoms with van der Waals surface area (Å²) in [6.07, 6.45) is 2.37. The van der Waals surface area contributed by atoms with Gasteiger partial charge in [0.05, 0.1) is 79.3 Å². The van der Waals surface area contributed by atoms with Gasteiger partial charge in [0.25, 0.3) is 0 Å². The quantitative estimate of drug-likeness (QED) is 0.154. The van der Waals surface area contributed by atoms with E-state index in [1.54, 1.807) is 0 Å². The normalized spacial score (nSPS) is 20.9. The Hall–Kier alpha value is -5.42. The van der Waals surface area contributed by atoms with Crippen LogP contribution in [-0.4, -0.2) is 168 Å². The Morgan fingerprint density at radius 1 is 0.222 bits per heavy atom. The molecule has 0 saturated heterocycles. The van der Waals surface area contributed by atoms with Crippen LogP contribution in [0.25, 0.3) is 0 Å². The number of para-hydroxylation sites is 6. The molecule has 386 valence electrons. The van der Waals surface area contributed by atoms with Crippen molar-refractivity contribution in [3.8, 4) is 34.5 Å². The monoisotopic (exact) mass is 989 g/mol. The van der Waals surface area contributed by atoms with Gasteiger partial charge in [-0.3, -0.25) is 9.80 Å².